The van der Waals surface area contributed by atoms with E-state index in [-0.39, 0.29) is 0 Å². The van der Waals surface area contributed by atoms with Gasteiger partial charge in [-0.2, -0.15) is 0 Å². The number of para-hydroxylation sites is 1. The number of morpholine rings is 1. The molecule has 4 heteroatoms. The third-order valence-electron chi connectivity index (χ3n) is 3.88. The molecule has 1 atom stereocenters. The predicted octanol–water partition coefficient (Wildman–Crippen LogP) is 2.82. The number of halogens is 1. The summed E-state index contributed by atoms with van der Waals surface area (Å²) < 4.78 is 5.52. The van der Waals surface area contributed by atoms with Gasteiger partial charge in [0.15, 0.2) is 0 Å². The van der Waals surface area contributed by atoms with Crippen molar-refractivity contribution in [2.24, 2.45) is 0 Å². The molecular formula is C15H21ClN2O. The Labute approximate surface area is 119 Å². The molecule has 0 spiro atoms. The minimum atomic E-state index is 0.383. The van der Waals surface area contributed by atoms with Crippen molar-refractivity contribution in [3.8, 4) is 0 Å². The first-order chi connectivity index (χ1) is 9.25. The van der Waals surface area contributed by atoms with E-state index >= 15 is 0 Å². The molecule has 0 amide bonds. The average molecular weight is 281 g/mol. The molecule has 1 aromatic carbocycles. The van der Waals surface area contributed by atoms with Gasteiger partial charge >= 0.3 is 0 Å². The Morgan fingerprint density at radius 1 is 1.42 bits per heavy atom. The summed E-state index contributed by atoms with van der Waals surface area (Å²) in [6.07, 6.45) is 2.62. The van der Waals surface area contributed by atoms with Crippen molar-refractivity contribution in [3.05, 3.63) is 28.8 Å². The molecule has 1 saturated carbocycles. The second-order valence-corrected chi connectivity index (χ2v) is 5.93. The first-order valence-corrected chi connectivity index (χ1v) is 7.48. The Hall–Kier alpha value is -0.770. The number of nitrogens with zero attached hydrogens (tertiary/aromatic N) is 1. The molecular weight excluding hydrogens is 260 g/mol. The maximum atomic E-state index is 6.45. The molecule has 2 aliphatic rings. The summed E-state index contributed by atoms with van der Waals surface area (Å²) in [6, 6.07) is 7.31. The highest BCUT2D eigenvalue weighted by atomic mass is 35.5. The summed E-state index contributed by atoms with van der Waals surface area (Å²) in [4.78, 5) is 2.38. The first kappa shape index (κ1) is 13.2. The highest BCUT2D eigenvalue weighted by Crippen LogP contribution is 2.33. The molecule has 19 heavy (non-hydrogen) atoms. The van der Waals surface area contributed by atoms with E-state index in [0.29, 0.717) is 12.1 Å². The van der Waals surface area contributed by atoms with E-state index in [9.17, 15) is 0 Å². The molecule has 0 aromatic heterocycles. The summed E-state index contributed by atoms with van der Waals surface area (Å²) >= 11 is 6.45. The van der Waals surface area contributed by atoms with Gasteiger partial charge in [-0.1, -0.05) is 23.7 Å². The van der Waals surface area contributed by atoms with Gasteiger partial charge in [-0.05, 0) is 31.4 Å². The fourth-order valence-corrected chi connectivity index (χ4v) is 2.93. The fourth-order valence-electron chi connectivity index (χ4n) is 2.63. The van der Waals surface area contributed by atoms with Crippen molar-refractivity contribution in [2.45, 2.75) is 38.4 Å². The molecule has 0 radical (unpaired) electrons. The fraction of sp³-hybridized carbons (Fsp3) is 0.600. The van der Waals surface area contributed by atoms with Crippen molar-refractivity contribution in [3.63, 3.8) is 0 Å². The SMILES string of the molecule is CC1COCCN1c1c(Cl)cccc1CNC1CC1. The van der Waals surface area contributed by atoms with E-state index in [2.05, 4.69) is 23.2 Å². The standard InChI is InChI=1S/C15H21ClN2O/c1-11-10-19-8-7-18(11)15-12(3-2-4-14(15)16)9-17-13-5-6-13/h2-4,11,13,17H,5-10H2,1H3. The lowest BCUT2D eigenvalue weighted by Crippen LogP contribution is -2.44. The average Bonchev–Trinajstić information content (AvgIpc) is 3.22. The molecule has 1 N–H and O–H groups in total. The number of nitrogens with one attached hydrogen (secondary N) is 1. The Kier molecular flexibility index (Phi) is 3.96. The lowest BCUT2D eigenvalue weighted by molar-refractivity contribution is 0.0988. The third-order valence-corrected chi connectivity index (χ3v) is 4.19. The van der Waals surface area contributed by atoms with Crippen LogP contribution >= 0.6 is 11.6 Å². The first-order valence-electron chi connectivity index (χ1n) is 7.11. The normalized spacial score (nSPS) is 23.7. The molecule has 1 aromatic rings. The molecule has 1 aliphatic heterocycles. The van der Waals surface area contributed by atoms with Crippen LogP contribution in [0.4, 0.5) is 5.69 Å². The van der Waals surface area contributed by atoms with Crippen molar-refractivity contribution in [2.75, 3.05) is 24.7 Å². The van der Waals surface area contributed by atoms with Crippen LogP contribution in [0.3, 0.4) is 0 Å². The molecule has 1 heterocycles. The summed E-state index contributed by atoms with van der Waals surface area (Å²) in [7, 11) is 0. The van der Waals surface area contributed by atoms with Crippen LogP contribution in [0.1, 0.15) is 25.3 Å². The molecule has 1 saturated heterocycles. The lowest BCUT2D eigenvalue weighted by Gasteiger charge is -2.37. The van der Waals surface area contributed by atoms with Gasteiger partial charge in [0, 0.05) is 25.2 Å². The van der Waals surface area contributed by atoms with E-state index in [0.717, 1.165) is 31.3 Å². The number of anilines is 1. The third kappa shape index (κ3) is 3.04. The van der Waals surface area contributed by atoms with E-state index < -0.39 is 0 Å². The molecule has 2 fully saturated rings. The van der Waals surface area contributed by atoms with Crippen LogP contribution in [0.25, 0.3) is 0 Å². The predicted molar refractivity (Wildman–Crippen MR) is 78.9 cm³/mol. The second kappa shape index (κ2) is 5.70. The zero-order valence-corrected chi connectivity index (χ0v) is 12.1. The molecule has 3 nitrogen and oxygen atoms in total. The van der Waals surface area contributed by atoms with Crippen LogP contribution in [-0.4, -0.2) is 31.8 Å². The van der Waals surface area contributed by atoms with Crippen LogP contribution in [0.15, 0.2) is 18.2 Å². The minimum absolute atomic E-state index is 0.383. The number of benzene rings is 1. The maximum Gasteiger partial charge on any atom is 0.0668 e. The quantitative estimate of drug-likeness (QED) is 0.918. The van der Waals surface area contributed by atoms with E-state index in [1.165, 1.54) is 24.1 Å². The highest BCUT2D eigenvalue weighted by Gasteiger charge is 2.25. The van der Waals surface area contributed by atoms with Crippen LogP contribution in [0, 0.1) is 0 Å². The summed E-state index contributed by atoms with van der Waals surface area (Å²) in [5.41, 5.74) is 2.49. The van der Waals surface area contributed by atoms with Gasteiger partial charge in [-0.15, -0.1) is 0 Å². The van der Waals surface area contributed by atoms with E-state index in [1.54, 1.807) is 0 Å². The van der Waals surface area contributed by atoms with Gasteiger partial charge in [0.25, 0.3) is 0 Å². The second-order valence-electron chi connectivity index (χ2n) is 5.52. The molecule has 1 aliphatic carbocycles. The Bertz CT molecular complexity index is 448. The minimum Gasteiger partial charge on any atom is -0.377 e. The lowest BCUT2D eigenvalue weighted by atomic mass is 10.1. The topological polar surface area (TPSA) is 24.5 Å². The molecule has 1 unspecified atom stereocenters. The Morgan fingerprint density at radius 2 is 2.26 bits per heavy atom. The smallest absolute Gasteiger partial charge is 0.0668 e. The van der Waals surface area contributed by atoms with Crippen LogP contribution in [0.2, 0.25) is 5.02 Å². The van der Waals surface area contributed by atoms with Crippen molar-refractivity contribution in [1.82, 2.24) is 5.32 Å². The van der Waals surface area contributed by atoms with Gasteiger partial charge in [0.05, 0.1) is 23.9 Å². The largest absolute Gasteiger partial charge is 0.377 e. The monoisotopic (exact) mass is 280 g/mol. The van der Waals surface area contributed by atoms with E-state index in [4.69, 9.17) is 16.3 Å². The van der Waals surface area contributed by atoms with Gasteiger partial charge in [-0.25, -0.2) is 0 Å². The maximum absolute atomic E-state index is 6.45. The number of hydrogen-bond donors (Lipinski definition) is 1. The zero-order chi connectivity index (χ0) is 13.2. The van der Waals surface area contributed by atoms with Gasteiger partial charge in [0.2, 0.25) is 0 Å². The van der Waals surface area contributed by atoms with Gasteiger partial charge in [0.1, 0.15) is 0 Å². The van der Waals surface area contributed by atoms with E-state index in [1.807, 2.05) is 12.1 Å². The number of rotatable bonds is 4. The number of hydrogen-bond acceptors (Lipinski definition) is 3. The number of ether oxygens (including phenoxy) is 1. The summed E-state index contributed by atoms with van der Waals surface area (Å²) in [5, 5.41) is 4.43. The van der Waals surface area contributed by atoms with Crippen molar-refractivity contribution >= 4 is 17.3 Å². The molecule has 104 valence electrons. The van der Waals surface area contributed by atoms with Gasteiger partial charge in [-0.3, -0.25) is 0 Å². The summed E-state index contributed by atoms with van der Waals surface area (Å²) in [5.74, 6) is 0. The zero-order valence-electron chi connectivity index (χ0n) is 11.4. The highest BCUT2D eigenvalue weighted by molar-refractivity contribution is 6.33. The molecule has 3 rings (SSSR count). The van der Waals surface area contributed by atoms with Crippen molar-refractivity contribution < 1.29 is 4.74 Å². The van der Waals surface area contributed by atoms with Crippen LogP contribution in [-0.2, 0) is 11.3 Å². The van der Waals surface area contributed by atoms with Crippen molar-refractivity contribution in [1.29, 1.82) is 0 Å². The Morgan fingerprint density at radius 3 is 3.00 bits per heavy atom. The Balaban J connectivity index is 1.83. The molecule has 0 bridgehead atoms. The summed E-state index contributed by atoms with van der Waals surface area (Å²) in [6.45, 7) is 5.58. The van der Waals surface area contributed by atoms with Crippen LogP contribution < -0.4 is 10.2 Å². The van der Waals surface area contributed by atoms with Gasteiger partial charge < -0.3 is 15.0 Å². The van der Waals surface area contributed by atoms with Crippen LogP contribution in [0.5, 0.6) is 0 Å².